The van der Waals surface area contributed by atoms with Crippen molar-refractivity contribution in [3.05, 3.63) is 65.5 Å². The number of benzene rings is 2. The molecule has 0 bridgehead atoms. The Morgan fingerprint density at radius 3 is 2.43 bits per heavy atom. The molecule has 2 aromatic carbocycles. The molecule has 2 aromatic rings. The lowest BCUT2D eigenvalue weighted by atomic mass is 9.94. The second-order valence-corrected chi connectivity index (χ2v) is 7.30. The fourth-order valence-corrected chi connectivity index (χ4v) is 3.60. The van der Waals surface area contributed by atoms with Crippen molar-refractivity contribution in [3.63, 3.8) is 0 Å². The Balaban J connectivity index is 1.53. The number of carbonyl (C=O) groups excluding carboxylic acids is 1. The summed E-state index contributed by atoms with van der Waals surface area (Å²) < 4.78 is 18.8. The smallest absolute Gasteiger partial charge is 0.227 e. The zero-order valence-electron chi connectivity index (χ0n) is 16.5. The summed E-state index contributed by atoms with van der Waals surface area (Å²) in [6.45, 7) is 5.38. The van der Waals surface area contributed by atoms with E-state index in [1.807, 2.05) is 48.2 Å². The highest BCUT2D eigenvalue weighted by Crippen LogP contribution is 2.23. The van der Waals surface area contributed by atoms with Crippen molar-refractivity contribution in [2.24, 2.45) is 11.7 Å². The van der Waals surface area contributed by atoms with Crippen LogP contribution in [0, 0.1) is 11.7 Å². The number of halogens is 1. The maximum atomic E-state index is 13.9. The number of nitrogens with zero attached hydrogens (tertiary/aromatic N) is 2. The van der Waals surface area contributed by atoms with E-state index in [1.165, 1.54) is 13.2 Å². The van der Waals surface area contributed by atoms with Crippen molar-refractivity contribution in [2.45, 2.75) is 19.5 Å². The summed E-state index contributed by atoms with van der Waals surface area (Å²) in [4.78, 5) is 17.0. The summed E-state index contributed by atoms with van der Waals surface area (Å²) in [5.41, 5.74) is 8.19. The van der Waals surface area contributed by atoms with Crippen molar-refractivity contribution in [3.8, 4) is 5.75 Å². The minimum Gasteiger partial charge on any atom is -0.494 e. The first-order valence-corrected chi connectivity index (χ1v) is 9.63. The van der Waals surface area contributed by atoms with Crippen LogP contribution in [0.15, 0.2) is 48.5 Å². The molecule has 1 aliphatic heterocycles. The Bertz CT molecular complexity index is 792. The van der Waals surface area contributed by atoms with Crippen LogP contribution in [-0.2, 0) is 11.3 Å². The van der Waals surface area contributed by atoms with E-state index in [1.54, 1.807) is 6.07 Å². The number of amides is 1. The largest absolute Gasteiger partial charge is 0.494 e. The van der Waals surface area contributed by atoms with Crippen molar-refractivity contribution < 1.29 is 13.9 Å². The average Bonchev–Trinajstić information content (AvgIpc) is 2.73. The lowest BCUT2D eigenvalue weighted by Crippen LogP contribution is -2.50. The second kappa shape index (κ2) is 9.17. The van der Waals surface area contributed by atoms with Gasteiger partial charge in [-0.15, -0.1) is 0 Å². The van der Waals surface area contributed by atoms with Crippen LogP contribution in [-0.4, -0.2) is 49.0 Å². The summed E-state index contributed by atoms with van der Waals surface area (Å²) >= 11 is 0. The van der Waals surface area contributed by atoms with Crippen LogP contribution in [0.3, 0.4) is 0 Å². The molecule has 0 radical (unpaired) electrons. The highest BCUT2D eigenvalue weighted by molar-refractivity contribution is 5.79. The van der Waals surface area contributed by atoms with Crippen molar-refractivity contribution in [2.75, 3.05) is 33.3 Å². The normalized spacial score (nSPS) is 17.2. The fraction of sp³-hybridized carbons (Fsp3) is 0.409. The molecule has 1 fully saturated rings. The minimum atomic E-state index is -0.350. The van der Waals surface area contributed by atoms with E-state index in [4.69, 9.17) is 10.5 Å². The van der Waals surface area contributed by atoms with Gasteiger partial charge in [0, 0.05) is 38.8 Å². The molecule has 1 heterocycles. The number of carbonyl (C=O) groups is 1. The van der Waals surface area contributed by atoms with Gasteiger partial charge in [-0.2, -0.15) is 0 Å². The molecule has 1 aliphatic rings. The summed E-state index contributed by atoms with van der Waals surface area (Å²) in [6.07, 6.45) is 0. The third-order valence-electron chi connectivity index (χ3n) is 5.42. The molecule has 1 amide bonds. The molecule has 0 saturated carbocycles. The molecule has 6 heteroatoms. The zero-order chi connectivity index (χ0) is 20.1. The molecular weight excluding hydrogens is 357 g/mol. The minimum absolute atomic E-state index is 0.0893. The molecular formula is C22H28FN3O2. The van der Waals surface area contributed by atoms with Gasteiger partial charge < -0.3 is 15.4 Å². The Hall–Kier alpha value is -2.44. The third kappa shape index (κ3) is 4.69. The number of piperazine rings is 1. The van der Waals surface area contributed by atoms with Gasteiger partial charge in [-0.1, -0.05) is 43.3 Å². The SMILES string of the molecule is COc1ccc(CN2CCN(C(=O)C(C)C(N)c3ccccc3)CC2)cc1F. The number of methoxy groups -OCH3 is 1. The van der Waals surface area contributed by atoms with E-state index in [9.17, 15) is 9.18 Å². The van der Waals surface area contributed by atoms with Crippen LogP contribution in [0.1, 0.15) is 24.1 Å². The van der Waals surface area contributed by atoms with E-state index >= 15 is 0 Å². The number of rotatable bonds is 6. The average molecular weight is 385 g/mol. The van der Waals surface area contributed by atoms with Crippen molar-refractivity contribution >= 4 is 5.91 Å². The predicted octanol–water partition coefficient (Wildman–Crippen LogP) is 2.81. The molecule has 0 spiro atoms. The molecule has 2 atom stereocenters. The van der Waals surface area contributed by atoms with Gasteiger partial charge in [-0.05, 0) is 23.3 Å². The summed E-state index contributed by atoms with van der Waals surface area (Å²) in [7, 11) is 1.46. The van der Waals surface area contributed by atoms with Gasteiger partial charge in [0.15, 0.2) is 11.6 Å². The molecule has 150 valence electrons. The van der Waals surface area contributed by atoms with Crippen LogP contribution in [0.25, 0.3) is 0 Å². The lowest BCUT2D eigenvalue weighted by Gasteiger charge is -2.37. The summed E-state index contributed by atoms with van der Waals surface area (Å²) in [6, 6.07) is 14.5. The standard InChI is InChI=1S/C22H28FN3O2/c1-16(21(24)18-6-4-3-5-7-18)22(27)26-12-10-25(11-13-26)15-17-8-9-20(28-2)19(23)14-17/h3-9,14,16,21H,10-13,15,24H2,1-2H3. The monoisotopic (exact) mass is 385 g/mol. The van der Waals surface area contributed by atoms with E-state index in [2.05, 4.69) is 4.90 Å². The van der Waals surface area contributed by atoms with Gasteiger partial charge in [0.1, 0.15) is 0 Å². The maximum absolute atomic E-state index is 13.9. The van der Waals surface area contributed by atoms with Crippen LogP contribution in [0.4, 0.5) is 4.39 Å². The zero-order valence-corrected chi connectivity index (χ0v) is 16.5. The molecule has 0 aromatic heterocycles. The van der Waals surface area contributed by atoms with E-state index in [0.29, 0.717) is 19.6 Å². The summed E-state index contributed by atoms with van der Waals surface area (Å²) in [5, 5.41) is 0. The Morgan fingerprint density at radius 1 is 1.14 bits per heavy atom. The third-order valence-corrected chi connectivity index (χ3v) is 5.42. The summed E-state index contributed by atoms with van der Waals surface area (Å²) in [5.74, 6) is -0.281. The van der Waals surface area contributed by atoms with Crippen molar-refractivity contribution in [1.82, 2.24) is 9.80 Å². The molecule has 5 nitrogen and oxygen atoms in total. The van der Waals surface area contributed by atoms with Crippen LogP contribution in [0.2, 0.25) is 0 Å². The van der Waals surface area contributed by atoms with Gasteiger partial charge in [0.25, 0.3) is 0 Å². The number of ether oxygens (including phenoxy) is 1. The molecule has 2 unspecified atom stereocenters. The Kier molecular flexibility index (Phi) is 6.65. The predicted molar refractivity (Wildman–Crippen MR) is 107 cm³/mol. The highest BCUT2D eigenvalue weighted by atomic mass is 19.1. The Morgan fingerprint density at radius 2 is 1.82 bits per heavy atom. The maximum Gasteiger partial charge on any atom is 0.227 e. The second-order valence-electron chi connectivity index (χ2n) is 7.30. The Labute approximate surface area is 165 Å². The lowest BCUT2D eigenvalue weighted by molar-refractivity contribution is -0.137. The molecule has 0 aliphatic carbocycles. The number of hydrogen-bond acceptors (Lipinski definition) is 4. The number of nitrogens with two attached hydrogens (primary N) is 1. The van der Waals surface area contributed by atoms with Crippen LogP contribution in [0.5, 0.6) is 5.75 Å². The van der Waals surface area contributed by atoms with Crippen molar-refractivity contribution in [1.29, 1.82) is 0 Å². The van der Waals surface area contributed by atoms with Gasteiger partial charge in [-0.25, -0.2) is 4.39 Å². The van der Waals surface area contributed by atoms with Crippen LogP contribution >= 0.6 is 0 Å². The first kappa shape index (κ1) is 20.3. The molecule has 28 heavy (non-hydrogen) atoms. The topological polar surface area (TPSA) is 58.8 Å². The van der Waals surface area contributed by atoms with Gasteiger partial charge in [0.05, 0.1) is 13.0 Å². The molecule has 1 saturated heterocycles. The quantitative estimate of drug-likeness (QED) is 0.831. The van der Waals surface area contributed by atoms with E-state index in [-0.39, 0.29) is 29.4 Å². The van der Waals surface area contributed by atoms with Crippen LogP contribution < -0.4 is 10.5 Å². The van der Waals surface area contributed by atoms with E-state index < -0.39 is 0 Å². The number of hydrogen-bond donors (Lipinski definition) is 1. The van der Waals surface area contributed by atoms with Gasteiger partial charge in [0.2, 0.25) is 5.91 Å². The fourth-order valence-electron chi connectivity index (χ4n) is 3.60. The first-order valence-electron chi connectivity index (χ1n) is 9.63. The van der Waals surface area contributed by atoms with Gasteiger partial charge in [-0.3, -0.25) is 9.69 Å². The molecule has 3 rings (SSSR count). The van der Waals surface area contributed by atoms with E-state index in [0.717, 1.165) is 24.2 Å². The molecule has 2 N–H and O–H groups in total. The highest BCUT2D eigenvalue weighted by Gasteiger charge is 2.29. The first-order chi connectivity index (χ1) is 13.5. The van der Waals surface area contributed by atoms with Gasteiger partial charge >= 0.3 is 0 Å².